The molecule has 1 fully saturated rings. The van der Waals surface area contributed by atoms with Gasteiger partial charge >= 0.3 is 0 Å². The lowest BCUT2D eigenvalue weighted by atomic mass is 9.97. The van der Waals surface area contributed by atoms with E-state index in [2.05, 4.69) is 0 Å². The number of nitrogens with two attached hydrogens (primary N) is 1. The fraction of sp³-hybridized carbons (Fsp3) is 0.571. The molecule has 1 aliphatic rings. The SMILES string of the molecule is Cc1cc(Cl)c(C(N)C2CCCCS2(=O)=O)cc1C. The molecule has 0 saturated carbocycles. The average molecular weight is 302 g/mol. The van der Waals surface area contributed by atoms with Gasteiger partial charge in [0.15, 0.2) is 9.84 Å². The number of aryl methyl sites for hydroxylation is 2. The number of sulfone groups is 1. The highest BCUT2D eigenvalue weighted by Crippen LogP contribution is 2.33. The molecule has 2 atom stereocenters. The van der Waals surface area contributed by atoms with E-state index in [0.29, 0.717) is 11.4 Å². The van der Waals surface area contributed by atoms with E-state index < -0.39 is 21.1 Å². The molecule has 1 heterocycles. The Kier molecular flexibility index (Phi) is 4.23. The molecule has 2 unspecified atom stereocenters. The topological polar surface area (TPSA) is 60.2 Å². The summed E-state index contributed by atoms with van der Waals surface area (Å²) in [4.78, 5) is 0. The zero-order chi connectivity index (χ0) is 14.2. The molecule has 2 N–H and O–H groups in total. The summed E-state index contributed by atoms with van der Waals surface area (Å²) < 4.78 is 24.3. The lowest BCUT2D eigenvalue weighted by Gasteiger charge is -2.28. The highest BCUT2D eigenvalue weighted by molar-refractivity contribution is 7.92. The van der Waals surface area contributed by atoms with Gasteiger partial charge in [-0.25, -0.2) is 8.42 Å². The first kappa shape index (κ1) is 14.8. The van der Waals surface area contributed by atoms with E-state index in [-0.39, 0.29) is 5.75 Å². The van der Waals surface area contributed by atoms with Crippen LogP contribution in [0, 0.1) is 13.8 Å². The molecule has 19 heavy (non-hydrogen) atoms. The fourth-order valence-electron chi connectivity index (χ4n) is 2.64. The Morgan fingerprint density at radius 3 is 2.53 bits per heavy atom. The summed E-state index contributed by atoms with van der Waals surface area (Å²) in [7, 11) is -3.09. The van der Waals surface area contributed by atoms with Gasteiger partial charge in [0, 0.05) is 11.1 Å². The van der Waals surface area contributed by atoms with E-state index in [1.807, 2.05) is 26.0 Å². The summed E-state index contributed by atoms with van der Waals surface area (Å²) >= 11 is 6.23. The Hall–Kier alpha value is -0.580. The molecular weight excluding hydrogens is 282 g/mol. The average Bonchev–Trinajstić information content (AvgIpc) is 2.32. The van der Waals surface area contributed by atoms with Crippen molar-refractivity contribution in [1.29, 1.82) is 0 Å². The maximum absolute atomic E-state index is 12.1. The molecule has 0 bridgehead atoms. The summed E-state index contributed by atoms with van der Waals surface area (Å²) in [6.07, 6.45) is 2.29. The lowest BCUT2D eigenvalue weighted by molar-refractivity contribution is 0.504. The van der Waals surface area contributed by atoms with Crippen molar-refractivity contribution in [3.63, 3.8) is 0 Å². The summed E-state index contributed by atoms with van der Waals surface area (Å²) in [5, 5.41) is 0.0669. The zero-order valence-electron chi connectivity index (χ0n) is 11.3. The van der Waals surface area contributed by atoms with Crippen molar-refractivity contribution in [3.8, 4) is 0 Å². The Bertz CT molecular complexity index is 583. The number of hydrogen-bond donors (Lipinski definition) is 1. The molecule has 1 aromatic rings. The van der Waals surface area contributed by atoms with Crippen molar-refractivity contribution in [2.24, 2.45) is 5.73 Å². The predicted molar refractivity (Wildman–Crippen MR) is 79.3 cm³/mol. The second kappa shape index (κ2) is 5.43. The third-order valence-electron chi connectivity index (χ3n) is 4.00. The molecule has 0 spiro atoms. The molecule has 0 aliphatic carbocycles. The Labute approximate surface area is 120 Å². The fourth-order valence-corrected chi connectivity index (χ4v) is 5.01. The molecule has 106 valence electrons. The standard InChI is InChI=1S/C14H20ClNO2S/c1-9-7-11(12(15)8-10(9)2)14(16)13-5-3-4-6-19(13,17)18/h7-8,13-14H,3-6,16H2,1-2H3. The summed E-state index contributed by atoms with van der Waals surface area (Å²) in [6.45, 7) is 3.96. The third kappa shape index (κ3) is 2.96. The van der Waals surface area contributed by atoms with Crippen molar-refractivity contribution in [1.82, 2.24) is 0 Å². The first-order valence-electron chi connectivity index (χ1n) is 6.56. The largest absolute Gasteiger partial charge is 0.323 e. The van der Waals surface area contributed by atoms with Gasteiger partial charge in [0.25, 0.3) is 0 Å². The van der Waals surface area contributed by atoms with Gasteiger partial charge in [-0.15, -0.1) is 0 Å². The molecule has 2 rings (SSSR count). The highest BCUT2D eigenvalue weighted by Gasteiger charge is 2.35. The maximum Gasteiger partial charge on any atom is 0.155 e. The second-order valence-corrected chi connectivity index (χ2v) is 8.13. The first-order valence-corrected chi connectivity index (χ1v) is 8.66. The zero-order valence-corrected chi connectivity index (χ0v) is 12.9. The van der Waals surface area contributed by atoms with Gasteiger partial charge in [-0.3, -0.25) is 0 Å². The van der Waals surface area contributed by atoms with Crippen LogP contribution in [0.2, 0.25) is 5.02 Å². The number of benzene rings is 1. The van der Waals surface area contributed by atoms with Crippen LogP contribution in [0.3, 0.4) is 0 Å². The van der Waals surface area contributed by atoms with Crippen LogP contribution in [0.25, 0.3) is 0 Å². The third-order valence-corrected chi connectivity index (χ3v) is 6.64. The minimum absolute atomic E-state index is 0.244. The molecular formula is C14H20ClNO2S. The molecule has 3 nitrogen and oxygen atoms in total. The van der Waals surface area contributed by atoms with Crippen LogP contribution in [0.15, 0.2) is 12.1 Å². The van der Waals surface area contributed by atoms with Gasteiger partial charge in [-0.1, -0.05) is 24.1 Å². The van der Waals surface area contributed by atoms with E-state index in [9.17, 15) is 8.42 Å². The number of rotatable bonds is 2. The summed E-state index contributed by atoms with van der Waals surface area (Å²) in [5.74, 6) is 0.244. The van der Waals surface area contributed by atoms with Gasteiger partial charge in [-0.05, 0) is 49.4 Å². The molecule has 1 aromatic carbocycles. The van der Waals surface area contributed by atoms with Gasteiger partial charge in [-0.2, -0.15) is 0 Å². The van der Waals surface area contributed by atoms with E-state index in [1.54, 1.807) is 0 Å². The summed E-state index contributed by atoms with van der Waals surface area (Å²) in [6, 6.07) is 3.26. The number of hydrogen-bond acceptors (Lipinski definition) is 3. The quantitative estimate of drug-likeness (QED) is 0.913. The van der Waals surface area contributed by atoms with Crippen LogP contribution in [-0.2, 0) is 9.84 Å². The first-order chi connectivity index (χ1) is 8.83. The Morgan fingerprint density at radius 2 is 1.89 bits per heavy atom. The van der Waals surface area contributed by atoms with Crippen LogP contribution < -0.4 is 5.73 Å². The minimum Gasteiger partial charge on any atom is -0.323 e. The normalized spacial score (nSPS) is 24.1. The van der Waals surface area contributed by atoms with Gasteiger partial charge in [0.05, 0.1) is 11.0 Å². The Balaban J connectivity index is 2.39. The van der Waals surface area contributed by atoms with E-state index in [1.165, 1.54) is 0 Å². The van der Waals surface area contributed by atoms with Crippen molar-refractivity contribution in [2.75, 3.05) is 5.75 Å². The van der Waals surface area contributed by atoms with Crippen molar-refractivity contribution in [2.45, 2.75) is 44.4 Å². The molecule has 0 amide bonds. The Morgan fingerprint density at radius 1 is 1.26 bits per heavy atom. The van der Waals surface area contributed by atoms with Gasteiger partial charge in [0.2, 0.25) is 0 Å². The highest BCUT2D eigenvalue weighted by atomic mass is 35.5. The van der Waals surface area contributed by atoms with Crippen LogP contribution in [0.4, 0.5) is 0 Å². The lowest BCUT2D eigenvalue weighted by Crippen LogP contribution is -2.38. The molecule has 0 radical (unpaired) electrons. The molecule has 1 saturated heterocycles. The molecule has 5 heteroatoms. The van der Waals surface area contributed by atoms with E-state index >= 15 is 0 Å². The van der Waals surface area contributed by atoms with E-state index in [0.717, 1.165) is 29.5 Å². The van der Waals surface area contributed by atoms with Crippen LogP contribution in [0.5, 0.6) is 0 Å². The van der Waals surface area contributed by atoms with Crippen LogP contribution in [0.1, 0.15) is 42.0 Å². The van der Waals surface area contributed by atoms with Gasteiger partial charge in [0.1, 0.15) is 0 Å². The maximum atomic E-state index is 12.1. The monoisotopic (exact) mass is 301 g/mol. The van der Waals surface area contributed by atoms with Crippen LogP contribution >= 0.6 is 11.6 Å². The van der Waals surface area contributed by atoms with E-state index in [4.69, 9.17) is 17.3 Å². The number of halogens is 1. The van der Waals surface area contributed by atoms with Crippen molar-refractivity contribution in [3.05, 3.63) is 33.8 Å². The van der Waals surface area contributed by atoms with Crippen molar-refractivity contribution >= 4 is 21.4 Å². The minimum atomic E-state index is -3.09. The van der Waals surface area contributed by atoms with Crippen LogP contribution in [-0.4, -0.2) is 19.4 Å². The summed E-state index contributed by atoms with van der Waals surface area (Å²) in [5.41, 5.74) is 9.13. The van der Waals surface area contributed by atoms with Crippen molar-refractivity contribution < 1.29 is 8.42 Å². The molecule has 1 aliphatic heterocycles. The molecule has 0 aromatic heterocycles. The smallest absolute Gasteiger partial charge is 0.155 e. The van der Waals surface area contributed by atoms with Gasteiger partial charge < -0.3 is 5.73 Å². The predicted octanol–water partition coefficient (Wildman–Crippen LogP) is 2.92. The second-order valence-electron chi connectivity index (χ2n) is 5.38.